The highest BCUT2D eigenvalue weighted by Crippen LogP contribution is 2.17. The van der Waals surface area contributed by atoms with Gasteiger partial charge in [-0.15, -0.1) is 0 Å². The SMILES string of the molecule is Cc1ccc2[nH]c(C(=O)NCc3cc(C)on3)cc2c1. The van der Waals surface area contributed by atoms with E-state index in [2.05, 4.69) is 15.5 Å². The summed E-state index contributed by atoms with van der Waals surface area (Å²) < 4.78 is 4.95. The van der Waals surface area contributed by atoms with Gasteiger partial charge in [0.15, 0.2) is 0 Å². The molecule has 0 atom stereocenters. The Kier molecular flexibility index (Phi) is 3.02. The number of H-pyrrole nitrogens is 1. The first kappa shape index (κ1) is 12.5. The number of hydrogen-bond donors (Lipinski definition) is 2. The number of rotatable bonds is 3. The first-order valence-corrected chi connectivity index (χ1v) is 6.41. The van der Waals surface area contributed by atoms with Crippen molar-refractivity contribution in [1.82, 2.24) is 15.5 Å². The van der Waals surface area contributed by atoms with Gasteiger partial charge in [-0.25, -0.2) is 0 Å². The van der Waals surface area contributed by atoms with Crippen molar-refractivity contribution in [3.05, 3.63) is 53.0 Å². The molecule has 0 saturated heterocycles. The Morgan fingerprint density at radius 3 is 2.90 bits per heavy atom. The summed E-state index contributed by atoms with van der Waals surface area (Å²) in [4.78, 5) is 15.2. The zero-order valence-corrected chi connectivity index (χ0v) is 11.4. The lowest BCUT2D eigenvalue weighted by Gasteiger charge is -1.99. The van der Waals surface area contributed by atoms with Gasteiger partial charge in [0.1, 0.15) is 17.1 Å². The summed E-state index contributed by atoms with van der Waals surface area (Å²) in [6.07, 6.45) is 0. The van der Waals surface area contributed by atoms with E-state index in [9.17, 15) is 4.79 Å². The third-order valence-electron chi connectivity index (χ3n) is 3.13. The second-order valence-corrected chi connectivity index (χ2v) is 4.89. The van der Waals surface area contributed by atoms with Gasteiger partial charge in [-0.1, -0.05) is 16.8 Å². The molecular weight excluding hydrogens is 254 g/mol. The maximum Gasteiger partial charge on any atom is 0.268 e. The van der Waals surface area contributed by atoms with Crippen LogP contribution in [0.5, 0.6) is 0 Å². The average molecular weight is 269 g/mol. The summed E-state index contributed by atoms with van der Waals surface area (Å²) in [5.41, 5.74) is 3.38. The number of benzene rings is 1. The first-order valence-electron chi connectivity index (χ1n) is 6.41. The van der Waals surface area contributed by atoms with Crippen molar-refractivity contribution >= 4 is 16.8 Å². The Morgan fingerprint density at radius 1 is 1.30 bits per heavy atom. The number of nitrogens with one attached hydrogen (secondary N) is 2. The molecule has 0 spiro atoms. The third-order valence-corrected chi connectivity index (χ3v) is 3.13. The number of aromatic amines is 1. The Morgan fingerprint density at radius 2 is 2.15 bits per heavy atom. The number of carbonyl (C=O) groups excluding carboxylic acids is 1. The molecule has 0 radical (unpaired) electrons. The third kappa shape index (κ3) is 2.42. The van der Waals surface area contributed by atoms with Crippen LogP contribution >= 0.6 is 0 Å². The number of aromatic nitrogens is 2. The van der Waals surface area contributed by atoms with Crippen molar-refractivity contribution in [2.75, 3.05) is 0 Å². The number of hydrogen-bond acceptors (Lipinski definition) is 3. The molecule has 5 heteroatoms. The van der Waals surface area contributed by atoms with Gasteiger partial charge in [-0.3, -0.25) is 4.79 Å². The minimum absolute atomic E-state index is 0.153. The largest absolute Gasteiger partial charge is 0.361 e. The van der Waals surface area contributed by atoms with E-state index < -0.39 is 0 Å². The van der Waals surface area contributed by atoms with Crippen molar-refractivity contribution in [1.29, 1.82) is 0 Å². The number of nitrogens with zero attached hydrogens (tertiary/aromatic N) is 1. The van der Waals surface area contributed by atoms with Crippen molar-refractivity contribution in [3.63, 3.8) is 0 Å². The fourth-order valence-electron chi connectivity index (χ4n) is 2.14. The van der Waals surface area contributed by atoms with Crippen LogP contribution in [0.25, 0.3) is 10.9 Å². The standard InChI is InChI=1S/C15H15N3O2/c1-9-3-4-13-11(5-9)7-14(17-13)15(19)16-8-12-6-10(2)20-18-12/h3-7,17H,8H2,1-2H3,(H,16,19). The molecule has 0 saturated carbocycles. The van der Waals surface area contributed by atoms with Crippen molar-refractivity contribution < 1.29 is 9.32 Å². The number of carbonyl (C=O) groups is 1. The van der Waals surface area contributed by atoms with E-state index in [4.69, 9.17) is 4.52 Å². The van der Waals surface area contributed by atoms with Gasteiger partial charge in [0.2, 0.25) is 0 Å². The molecule has 3 rings (SSSR count). The van der Waals surface area contributed by atoms with Crippen molar-refractivity contribution in [3.8, 4) is 0 Å². The van der Waals surface area contributed by atoms with Crippen LogP contribution in [0, 0.1) is 13.8 Å². The molecule has 0 aliphatic heterocycles. The first-order chi connectivity index (χ1) is 9.61. The van der Waals surface area contributed by atoms with Crippen LogP contribution in [0.3, 0.4) is 0 Å². The second kappa shape index (κ2) is 4.85. The highest BCUT2D eigenvalue weighted by molar-refractivity contribution is 5.98. The van der Waals surface area contributed by atoms with E-state index in [-0.39, 0.29) is 5.91 Å². The van der Waals surface area contributed by atoms with Crippen LogP contribution in [-0.4, -0.2) is 16.0 Å². The summed E-state index contributed by atoms with van der Waals surface area (Å²) in [5.74, 6) is 0.579. The van der Waals surface area contributed by atoms with Gasteiger partial charge in [0, 0.05) is 17.0 Å². The number of fused-ring (bicyclic) bond motifs is 1. The summed E-state index contributed by atoms with van der Waals surface area (Å²) in [6, 6.07) is 9.69. The van der Waals surface area contributed by atoms with Crippen LogP contribution in [0.2, 0.25) is 0 Å². The summed E-state index contributed by atoms with van der Waals surface area (Å²) >= 11 is 0. The van der Waals surface area contributed by atoms with E-state index in [0.717, 1.165) is 16.7 Å². The average Bonchev–Trinajstić information content (AvgIpc) is 3.01. The molecule has 5 nitrogen and oxygen atoms in total. The van der Waals surface area contributed by atoms with Gasteiger partial charge in [0.25, 0.3) is 5.91 Å². The minimum Gasteiger partial charge on any atom is -0.361 e. The van der Waals surface area contributed by atoms with Crippen molar-refractivity contribution in [2.24, 2.45) is 0 Å². The molecule has 0 unspecified atom stereocenters. The Balaban J connectivity index is 1.75. The molecule has 2 heterocycles. The zero-order valence-electron chi connectivity index (χ0n) is 11.4. The van der Waals surface area contributed by atoms with E-state index in [1.54, 1.807) is 6.07 Å². The Hall–Kier alpha value is -2.56. The van der Waals surface area contributed by atoms with Crippen LogP contribution < -0.4 is 5.32 Å². The van der Waals surface area contributed by atoms with E-state index in [0.29, 0.717) is 17.9 Å². The predicted octanol–water partition coefficient (Wildman–Crippen LogP) is 2.70. The molecule has 0 fully saturated rings. The summed E-state index contributed by atoms with van der Waals surface area (Å²) in [5, 5.41) is 7.68. The molecule has 3 aromatic rings. The normalized spacial score (nSPS) is 10.9. The highest BCUT2D eigenvalue weighted by atomic mass is 16.5. The zero-order chi connectivity index (χ0) is 14.1. The lowest BCUT2D eigenvalue weighted by atomic mass is 10.2. The quantitative estimate of drug-likeness (QED) is 0.768. The fraction of sp³-hybridized carbons (Fsp3) is 0.200. The molecule has 2 N–H and O–H groups in total. The van der Waals surface area contributed by atoms with Crippen LogP contribution in [0.1, 0.15) is 27.5 Å². The van der Waals surface area contributed by atoms with Crippen LogP contribution in [-0.2, 0) is 6.54 Å². The van der Waals surface area contributed by atoms with Gasteiger partial charge >= 0.3 is 0 Å². The van der Waals surface area contributed by atoms with Crippen LogP contribution in [0.4, 0.5) is 0 Å². The molecule has 2 aromatic heterocycles. The molecular formula is C15H15N3O2. The Bertz CT molecular complexity index is 770. The smallest absolute Gasteiger partial charge is 0.268 e. The molecule has 0 bridgehead atoms. The molecule has 1 aromatic carbocycles. The maximum absolute atomic E-state index is 12.1. The molecule has 0 aliphatic rings. The summed E-state index contributed by atoms with van der Waals surface area (Å²) in [7, 11) is 0. The van der Waals surface area contributed by atoms with Crippen LogP contribution in [0.15, 0.2) is 34.9 Å². The lowest BCUT2D eigenvalue weighted by Crippen LogP contribution is -2.23. The highest BCUT2D eigenvalue weighted by Gasteiger charge is 2.10. The molecule has 102 valence electrons. The topological polar surface area (TPSA) is 70.9 Å². The molecule has 1 amide bonds. The number of amides is 1. The van der Waals surface area contributed by atoms with E-state index in [1.807, 2.05) is 38.1 Å². The monoisotopic (exact) mass is 269 g/mol. The lowest BCUT2D eigenvalue weighted by molar-refractivity contribution is 0.0946. The molecule has 20 heavy (non-hydrogen) atoms. The van der Waals surface area contributed by atoms with E-state index in [1.165, 1.54) is 5.56 Å². The second-order valence-electron chi connectivity index (χ2n) is 4.89. The Labute approximate surface area is 116 Å². The molecule has 0 aliphatic carbocycles. The summed E-state index contributed by atoms with van der Waals surface area (Å²) in [6.45, 7) is 4.20. The van der Waals surface area contributed by atoms with Gasteiger partial charge in [-0.05, 0) is 32.0 Å². The van der Waals surface area contributed by atoms with Gasteiger partial charge in [-0.2, -0.15) is 0 Å². The predicted molar refractivity (Wildman–Crippen MR) is 75.4 cm³/mol. The maximum atomic E-state index is 12.1. The van der Waals surface area contributed by atoms with E-state index >= 15 is 0 Å². The van der Waals surface area contributed by atoms with Gasteiger partial charge < -0.3 is 14.8 Å². The fourth-order valence-corrected chi connectivity index (χ4v) is 2.14. The minimum atomic E-state index is -0.153. The van der Waals surface area contributed by atoms with Gasteiger partial charge in [0.05, 0.1) is 6.54 Å². The van der Waals surface area contributed by atoms with Crippen molar-refractivity contribution in [2.45, 2.75) is 20.4 Å². The number of aryl methyl sites for hydroxylation is 2.